The number of nitrogens with one attached hydrogen (secondary N) is 1. The standard InChI is InChI=1S/C19H31NO/c1-5-20-18(19(21-6-2)11-7-8-12-19)14-17-10-9-15(3)16(4)13-17/h9-10,13,18,20H,5-8,11-12,14H2,1-4H3. The van der Waals surface area contributed by atoms with E-state index in [2.05, 4.69) is 51.2 Å². The van der Waals surface area contributed by atoms with Gasteiger partial charge in [0, 0.05) is 12.6 Å². The normalized spacial score (nSPS) is 18.9. The third-order valence-electron chi connectivity index (χ3n) is 4.98. The summed E-state index contributed by atoms with van der Waals surface area (Å²) in [5.41, 5.74) is 4.23. The molecule has 1 unspecified atom stereocenters. The van der Waals surface area contributed by atoms with Crippen molar-refractivity contribution in [3.63, 3.8) is 0 Å². The summed E-state index contributed by atoms with van der Waals surface area (Å²) in [5.74, 6) is 0. The van der Waals surface area contributed by atoms with Crippen LogP contribution < -0.4 is 5.32 Å². The number of benzene rings is 1. The fourth-order valence-corrected chi connectivity index (χ4v) is 3.71. The molecule has 0 amide bonds. The van der Waals surface area contributed by atoms with Gasteiger partial charge in [-0.15, -0.1) is 0 Å². The number of ether oxygens (including phenoxy) is 1. The molecule has 2 heteroatoms. The molecule has 1 aliphatic carbocycles. The van der Waals surface area contributed by atoms with E-state index in [9.17, 15) is 0 Å². The van der Waals surface area contributed by atoms with E-state index >= 15 is 0 Å². The van der Waals surface area contributed by atoms with Gasteiger partial charge in [0.2, 0.25) is 0 Å². The Morgan fingerprint density at radius 1 is 1.14 bits per heavy atom. The van der Waals surface area contributed by atoms with Crippen LogP contribution in [0.2, 0.25) is 0 Å². The minimum atomic E-state index is 0.0452. The van der Waals surface area contributed by atoms with Crippen LogP contribution in [0.5, 0.6) is 0 Å². The molecule has 1 fully saturated rings. The van der Waals surface area contributed by atoms with E-state index in [0.29, 0.717) is 6.04 Å². The van der Waals surface area contributed by atoms with Gasteiger partial charge in [0.15, 0.2) is 0 Å². The van der Waals surface area contributed by atoms with E-state index in [-0.39, 0.29) is 5.60 Å². The quantitative estimate of drug-likeness (QED) is 0.813. The Balaban J connectivity index is 2.19. The van der Waals surface area contributed by atoms with Crippen molar-refractivity contribution < 1.29 is 4.74 Å². The van der Waals surface area contributed by atoms with Crippen molar-refractivity contribution in [2.24, 2.45) is 0 Å². The van der Waals surface area contributed by atoms with Crippen LogP contribution in [0.15, 0.2) is 18.2 Å². The molecule has 1 aromatic rings. The summed E-state index contributed by atoms with van der Waals surface area (Å²) >= 11 is 0. The molecule has 0 aliphatic heterocycles. The Labute approximate surface area is 130 Å². The first-order chi connectivity index (χ1) is 10.1. The lowest BCUT2D eigenvalue weighted by molar-refractivity contribution is -0.0609. The summed E-state index contributed by atoms with van der Waals surface area (Å²) in [6.45, 7) is 10.5. The minimum absolute atomic E-state index is 0.0452. The van der Waals surface area contributed by atoms with Crippen LogP contribution in [0.1, 0.15) is 56.2 Å². The lowest BCUT2D eigenvalue weighted by Gasteiger charge is -2.38. The largest absolute Gasteiger partial charge is 0.374 e. The van der Waals surface area contributed by atoms with Crippen LogP contribution in [0, 0.1) is 13.8 Å². The molecule has 1 aliphatic rings. The van der Waals surface area contributed by atoms with Crippen molar-refractivity contribution in [2.45, 2.75) is 71.4 Å². The maximum absolute atomic E-state index is 6.27. The number of hydrogen-bond acceptors (Lipinski definition) is 2. The topological polar surface area (TPSA) is 21.3 Å². The zero-order valence-electron chi connectivity index (χ0n) is 14.2. The van der Waals surface area contributed by atoms with Gasteiger partial charge in [-0.1, -0.05) is 38.0 Å². The SMILES string of the molecule is CCNC(Cc1ccc(C)c(C)c1)C1(OCC)CCCC1. The Morgan fingerprint density at radius 2 is 1.86 bits per heavy atom. The second-order valence-electron chi connectivity index (χ2n) is 6.44. The molecule has 1 N–H and O–H groups in total. The van der Waals surface area contributed by atoms with Gasteiger partial charge in [0.1, 0.15) is 0 Å². The summed E-state index contributed by atoms with van der Waals surface area (Å²) in [4.78, 5) is 0. The number of rotatable bonds is 7. The van der Waals surface area contributed by atoms with E-state index in [1.165, 1.54) is 42.4 Å². The van der Waals surface area contributed by atoms with Gasteiger partial charge >= 0.3 is 0 Å². The number of likely N-dealkylation sites (N-methyl/N-ethyl adjacent to an activating group) is 1. The van der Waals surface area contributed by atoms with Crippen molar-refractivity contribution in [1.82, 2.24) is 5.32 Å². The van der Waals surface area contributed by atoms with Gasteiger partial charge in [-0.3, -0.25) is 0 Å². The van der Waals surface area contributed by atoms with E-state index in [0.717, 1.165) is 19.6 Å². The van der Waals surface area contributed by atoms with Crippen LogP contribution in [0.25, 0.3) is 0 Å². The smallest absolute Gasteiger partial charge is 0.0837 e. The number of hydrogen-bond donors (Lipinski definition) is 1. The molecule has 2 nitrogen and oxygen atoms in total. The molecule has 0 radical (unpaired) electrons. The van der Waals surface area contributed by atoms with Crippen LogP contribution in [0.4, 0.5) is 0 Å². The van der Waals surface area contributed by atoms with Gasteiger partial charge in [-0.25, -0.2) is 0 Å². The molecule has 0 aromatic heterocycles. The van der Waals surface area contributed by atoms with Gasteiger partial charge < -0.3 is 10.1 Å². The fourth-order valence-electron chi connectivity index (χ4n) is 3.71. The van der Waals surface area contributed by atoms with Crippen molar-refractivity contribution in [1.29, 1.82) is 0 Å². The van der Waals surface area contributed by atoms with Crippen molar-refractivity contribution >= 4 is 0 Å². The molecule has 0 spiro atoms. The van der Waals surface area contributed by atoms with Gasteiger partial charge in [0.05, 0.1) is 5.60 Å². The molecule has 2 rings (SSSR count). The lowest BCUT2D eigenvalue weighted by Crippen LogP contribution is -2.52. The first-order valence-electron chi connectivity index (χ1n) is 8.54. The Bertz CT molecular complexity index is 449. The summed E-state index contributed by atoms with van der Waals surface area (Å²) in [5, 5.41) is 3.71. The third-order valence-corrected chi connectivity index (χ3v) is 4.98. The first-order valence-corrected chi connectivity index (χ1v) is 8.54. The van der Waals surface area contributed by atoms with Gasteiger partial charge in [-0.05, 0) is 63.3 Å². The molecule has 1 aromatic carbocycles. The van der Waals surface area contributed by atoms with E-state index in [1.807, 2.05) is 0 Å². The molecule has 0 bridgehead atoms. The van der Waals surface area contributed by atoms with Crippen molar-refractivity contribution in [2.75, 3.05) is 13.2 Å². The highest BCUT2D eigenvalue weighted by molar-refractivity contribution is 5.30. The average Bonchev–Trinajstić information content (AvgIpc) is 2.92. The summed E-state index contributed by atoms with van der Waals surface area (Å²) in [6, 6.07) is 7.29. The predicted octanol–water partition coefficient (Wildman–Crippen LogP) is 4.17. The molecule has 0 heterocycles. The highest BCUT2D eigenvalue weighted by atomic mass is 16.5. The summed E-state index contributed by atoms with van der Waals surface area (Å²) < 4.78 is 6.27. The van der Waals surface area contributed by atoms with Gasteiger partial charge in [-0.2, -0.15) is 0 Å². The van der Waals surface area contributed by atoms with Gasteiger partial charge in [0.25, 0.3) is 0 Å². The van der Waals surface area contributed by atoms with Crippen molar-refractivity contribution in [3.8, 4) is 0 Å². The predicted molar refractivity (Wildman–Crippen MR) is 89.9 cm³/mol. The highest BCUT2D eigenvalue weighted by Crippen LogP contribution is 2.37. The maximum Gasteiger partial charge on any atom is 0.0837 e. The Hall–Kier alpha value is -0.860. The molecular weight excluding hydrogens is 258 g/mol. The fraction of sp³-hybridized carbons (Fsp3) is 0.684. The average molecular weight is 289 g/mol. The molecule has 1 saturated carbocycles. The summed E-state index contributed by atoms with van der Waals surface area (Å²) in [6.07, 6.45) is 6.06. The van der Waals surface area contributed by atoms with Crippen LogP contribution in [-0.2, 0) is 11.2 Å². The van der Waals surface area contributed by atoms with Crippen LogP contribution in [0.3, 0.4) is 0 Å². The minimum Gasteiger partial charge on any atom is -0.374 e. The molecule has 118 valence electrons. The van der Waals surface area contributed by atoms with Crippen LogP contribution in [-0.4, -0.2) is 24.8 Å². The Kier molecular flexibility index (Phi) is 5.83. The third kappa shape index (κ3) is 3.87. The number of aryl methyl sites for hydroxylation is 2. The maximum atomic E-state index is 6.27. The van der Waals surface area contributed by atoms with E-state index < -0.39 is 0 Å². The monoisotopic (exact) mass is 289 g/mol. The molecular formula is C19H31NO. The zero-order valence-corrected chi connectivity index (χ0v) is 14.2. The second kappa shape index (κ2) is 7.42. The first kappa shape index (κ1) is 16.5. The van der Waals surface area contributed by atoms with Crippen LogP contribution >= 0.6 is 0 Å². The second-order valence-corrected chi connectivity index (χ2v) is 6.44. The van der Waals surface area contributed by atoms with E-state index in [4.69, 9.17) is 4.74 Å². The highest BCUT2D eigenvalue weighted by Gasteiger charge is 2.41. The van der Waals surface area contributed by atoms with E-state index in [1.54, 1.807) is 0 Å². The molecule has 21 heavy (non-hydrogen) atoms. The summed E-state index contributed by atoms with van der Waals surface area (Å²) in [7, 11) is 0. The molecule has 1 atom stereocenters. The molecule has 0 saturated heterocycles. The zero-order chi connectivity index (χ0) is 15.3. The van der Waals surface area contributed by atoms with Crippen molar-refractivity contribution in [3.05, 3.63) is 34.9 Å². The Morgan fingerprint density at radius 3 is 2.43 bits per heavy atom. The lowest BCUT2D eigenvalue weighted by atomic mass is 9.86.